The van der Waals surface area contributed by atoms with Gasteiger partial charge >= 0.3 is 0 Å². The number of benzene rings is 1. The maximum Gasteiger partial charge on any atom is 0.240 e. The van der Waals surface area contributed by atoms with Gasteiger partial charge in [0.15, 0.2) is 0 Å². The van der Waals surface area contributed by atoms with E-state index in [0.29, 0.717) is 24.1 Å². The minimum absolute atomic E-state index is 0.108. The molecule has 0 radical (unpaired) electrons. The van der Waals surface area contributed by atoms with Crippen molar-refractivity contribution in [2.45, 2.75) is 44.7 Å². The van der Waals surface area contributed by atoms with E-state index in [-0.39, 0.29) is 16.8 Å². The summed E-state index contributed by atoms with van der Waals surface area (Å²) in [5, 5.41) is 2.83. The van der Waals surface area contributed by atoms with Gasteiger partial charge in [0.05, 0.1) is 4.90 Å². The van der Waals surface area contributed by atoms with Gasteiger partial charge in [-0.2, -0.15) is 0 Å². The molecule has 0 fully saturated rings. The van der Waals surface area contributed by atoms with Crippen molar-refractivity contribution in [3.05, 3.63) is 29.1 Å². The Morgan fingerprint density at radius 3 is 2.53 bits per heavy atom. The first-order chi connectivity index (χ1) is 8.81. The second-order valence-corrected chi connectivity index (χ2v) is 6.39. The minimum atomic E-state index is -3.60. The SMILES string of the molecule is CCC(C)NS(=O)(=O)c1cc(C)c(F)c(CNC)c1. The Morgan fingerprint density at radius 1 is 1.37 bits per heavy atom. The number of hydrogen-bond donors (Lipinski definition) is 2. The molecule has 1 aromatic carbocycles. The van der Waals surface area contributed by atoms with Crippen molar-refractivity contribution in [1.82, 2.24) is 10.0 Å². The summed E-state index contributed by atoms with van der Waals surface area (Å²) in [6.45, 7) is 5.55. The molecule has 0 saturated heterocycles. The summed E-state index contributed by atoms with van der Waals surface area (Å²) in [6, 6.07) is 2.59. The fraction of sp³-hybridized carbons (Fsp3) is 0.538. The second-order valence-electron chi connectivity index (χ2n) is 4.67. The summed E-state index contributed by atoms with van der Waals surface area (Å²) in [6.07, 6.45) is 0.697. The summed E-state index contributed by atoms with van der Waals surface area (Å²) in [5.74, 6) is -0.364. The quantitative estimate of drug-likeness (QED) is 0.841. The average molecular weight is 288 g/mol. The molecule has 0 aliphatic heterocycles. The largest absolute Gasteiger partial charge is 0.316 e. The first kappa shape index (κ1) is 16.1. The summed E-state index contributed by atoms with van der Waals surface area (Å²) >= 11 is 0. The van der Waals surface area contributed by atoms with Crippen LogP contribution < -0.4 is 10.0 Å². The van der Waals surface area contributed by atoms with E-state index in [2.05, 4.69) is 10.0 Å². The van der Waals surface area contributed by atoms with E-state index in [1.807, 2.05) is 6.92 Å². The highest BCUT2D eigenvalue weighted by molar-refractivity contribution is 7.89. The number of nitrogens with one attached hydrogen (secondary N) is 2. The zero-order valence-corrected chi connectivity index (χ0v) is 12.6. The minimum Gasteiger partial charge on any atom is -0.316 e. The third kappa shape index (κ3) is 3.99. The Bertz CT molecular complexity index is 544. The first-order valence-corrected chi connectivity index (χ1v) is 7.76. The Hall–Kier alpha value is -0.980. The van der Waals surface area contributed by atoms with Crippen LogP contribution in [0.2, 0.25) is 0 Å². The lowest BCUT2D eigenvalue weighted by molar-refractivity contribution is 0.553. The maximum absolute atomic E-state index is 13.8. The summed E-state index contributed by atoms with van der Waals surface area (Å²) < 4.78 is 40.7. The van der Waals surface area contributed by atoms with Crippen LogP contribution in [-0.2, 0) is 16.6 Å². The van der Waals surface area contributed by atoms with Crippen LogP contribution >= 0.6 is 0 Å². The number of sulfonamides is 1. The van der Waals surface area contributed by atoms with Gasteiger partial charge in [-0.15, -0.1) is 0 Å². The molecule has 0 amide bonds. The highest BCUT2D eigenvalue weighted by Gasteiger charge is 2.19. The Labute approximate surface area is 114 Å². The molecule has 0 heterocycles. The van der Waals surface area contributed by atoms with Gasteiger partial charge in [0, 0.05) is 18.2 Å². The zero-order chi connectivity index (χ0) is 14.6. The van der Waals surface area contributed by atoms with Crippen LogP contribution in [0.1, 0.15) is 31.4 Å². The molecule has 108 valence electrons. The van der Waals surface area contributed by atoms with Crippen molar-refractivity contribution in [3.63, 3.8) is 0 Å². The highest BCUT2D eigenvalue weighted by atomic mass is 32.2. The molecule has 2 N–H and O–H groups in total. The van der Waals surface area contributed by atoms with Gasteiger partial charge in [0.2, 0.25) is 10.0 Å². The van der Waals surface area contributed by atoms with Gasteiger partial charge in [0.25, 0.3) is 0 Å². The van der Waals surface area contributed by atoms with E-state index in [0.717, 1.165) is 0 Å². The topological polar surface area (TPSA) is 58.2 Å². The molecule has 0 spiro atoms. The third-order valence-corrected chi connectivity index (χ3v) is 4.52. The van der Waals surface area contributed by atoms with Gasteiger partial charge in [-0.1, -0.05) is 6.92 Å². The highest BCUT2D eigenvalue weighted by Crippen LogP contribution is 2.19. The summed E-state index contributed by atoms with van der Waals surface area (Å²) in [5.41, 5.74) is 0.685. The number of halogens is 1. The molecule has 1 unspecified atom stereocenters. The van der Waals surface area contributed by atoms with Gasteiger partial charge in [-0.25, -0.2) is 17.5 Å². The third-order valence-electron chi connectivity index (χ3n) is 2.95. The Balaban J connectivity index is 3.20. The molecule has 0 saturated carbocycles. The number of hydrogen-bond acceptors (Lipinski definition) is 3. The first-order valence-electron chi connectivity index (χ1n) is 6.27. The normalized spacial score (nSPS) is 13.5. The second kappa shape index (κ2) is 6.45. The molecule has 1 rings (SSSR count). The molecule has 1 aromatic rings. The van der Waals surface area contributed by atoms with E-state index >= 15 is 0 Å². The molecule has 6 heteroatoms. The predicted molar refractivity (Wildman–Crippen MR) is 74.0 cm³/mol. The fourth-order valence-corrected chi connectivity index (χ4v) is 3.16. The molecule has 0 aliphatic rings. The average Bonchev–Trinajstić information content (AvgIpc) is 2.34. The monoisotopic (exact) mass is 288 g/mol. The maximum atomic E-state index is 13.8. The Kier molecular flexibility index (Phi) is 5.46. The van der Waals surface area contributed by atoms with Crippen LogP contribution in [0, 0.1) is 12.7 Å². The van der Waals surface area contributed by atoms with Crippen LogP contribution in [0.4, 0.5) is 4.39 Å². The van der Waals surface area contributed by atoms with E-state index in [1.165, 1.54) is 12.1 Å². The van der Waals surface area contributed by atoms with Gasteiger partial charge < -0.3 is 5.32 Å². The zero-order valence-electron chi connectivity index (χ0n) is 11.7. The lowest BCUT2D eigenvalue weighted by atomic mass is 10.1. The van der Waals surface area contributed by atoms with Crippen molar-refractivity contribution in [3.8, 4) is 0 Å². The number of rotatable bonds is 6. The number of aryl methyl sites for hydroxylation is 1. The van der Waals surface area contributed by atoms with E-state index in [1.54, 1.807) is 20.9 Å². The molecule has 0 bridgehead atoms. The van der Waals surface area contributed by atoms with Gasteiger partial charge in [0.1, 0.15) is 5.82 Å². The fourth-order valence-electron chi connectivity index (χ4n) is 1.70. The molecule has 4 nitrogen and oxygen atoms in total. The van der Waals surface area contributed by atoms with Gasteiger partial charge in [-0.05, 0) is 45.0 Å². The van der Waals surface area contributed by atoms with Crippen LogP contribution in [0.3, 0.4) is 0 Å². The van der Waals surface area contributed by atoms with Crippen molar-refractivity contribution in [2.75, 3.05) is 7.05 Å². The molecule has 1 atom stereocenters. The van der Waals surface area contributed by atoms with Crippen molar-refractivity contribution in [2.24, 2.45) is 0 Å². The van der Waals surface area contributed by atoms with Crippen LogP contribution in [-0.4, -0.2) is 21.5 Å². The smallest absolute Gasteiger partial charge is 0.240 e. The van der Waals surface area contributed by atoms with Crippen LogP contribution in [0.25, 0.3) is 0 Å². The lowest BCUT2D eigenvalue weighted by Gasteiger charge is -2.14. The van der Waals surface area contributed by atoms with E-state index < -0.39 is 10.0 Å². The van der Waals surface area contributed by atoms with Crippen molar-refractivity contribution >= 4 is 10.0 Å². The van der Waals surface area contributed by atoms with Crippen LogP contribution in [0.5, 0.6) is 0 Å². The Morgan fingerprint density at radius 2 is 2.00 bits per heavy atom. The molecular weight excluding hydrogens is 267 g/mol. The summed E-state index contributed by atoms with van der Waals surface area (Å²) in [4.78, 5) is 0.108. The lowest BCUT2D eigenvalue weighted by Crippen LogP contribution is -2.32. The molecule has 0 aromatic heterocycles. The standard InChI is InChI=1S/C13H21FN2O2S/c1-5-10(3)16-19(17,18)12-6-9(2)13(14)11(7-12)8-15-4/h6-7,10,15-16H,5,8H2,1-4H3. The molecule has 0 aliphatic carbocycles. The summed E-state index contributed by atoms with van der Waals surface area (Å²) in [7, 11) is -1.91. The van der Waals surface area contributed by atoms with E-state index in [9.17, 15) is 12.8 Å². The van der Waals surface area contributed by atoms with Crippen molar-refractivity contribution < 1.29 is 12.8 Å². The molecule has 19 heavy (non-hydrogen) atoms. The van der Waals surface area contributed by atoms with E-state index in [4.69, 9.17) is 0 Å². The van der Waals surface area contributed by atoms with Crippen LogP contribution in [0.15, 0.2) is 17.0 Å². The molecular formula is C13H21FN2O2S. The van der Waals surface area contributed by atoms with Gasteiger partial charge in [-0.3, -0.25) is 0 Å². The van der Waals surface area contributed by atoms with Crippen molar-refractivity contribution in [1.29, 1.82) is 0 Å². The predicted octanol–water partition coefficient (Wildman–Crippen LogP) is 1.93.